The van der Waals surface area contributed by atoms with Crippen LogP contribution in [0.2, 0.25) is 0 Å². The summed E-state index contributed by atoms with van der Waals surface area (Å²) < 4.78 is 44.7. The molecule has 1 aromatic heterocycles. The quantitative estimate of drug-likeness (QED) is 0.492. The minimum absolute atomic E-state index is 0.0700. The summed E-state index contributed by atoms with van der Waals surface area (Å²) in [6, 6.07) is 14.3. The van der Waals surface area contributed by atoms with Crippen molar-refractivity contribution in [2.45, 2.75) is 23.8 Å². The second kappa shape index (κ2) is 9.37. The first-order valence-electron chi connectivity index (χ1n) is 10.2. The summed E-state index contributed by atoms with van der Waals surface area (Å²) in [6.07, 6.45) is 3.44. The molecule has 3 aromatic rings. The number of carbonyl (C=O) groups is 1. The van der Waals surface area contributed by atoms with Crippen molar-refractivity contribution in [1.29, 1.82) is 0 Å². The van der Waals surface area contributed by atoms with Gasteiger partial charge in [-0.1, -0.05) is 6.07 Å². The van der Waals surface area contributed by atoms with E-state index in [9.17, 15) is 13.2 Å². The molecule has 1 heterocycles. The third-order valence-corrected chi connectivity index (χ3v) is 6.29. The number of carbonyl (C=O) groups excluding carboxylic acids is 1. The third kappa shape index (κ3) is 5.35. The van der Waals surface area contributed by atoms with E-state index >= 15 is 0 Å². The van der Waals surface area contributed by atoms with Crippen molar-refractivity contribution in [3.8, 4) is 23.1 Å². The van der Waals surface area contributed by atoms with E-state index in [1.54, 1.807) is 36.4 Å². The van der Waals surface area contributed by atoms with Crippen molar-refractivity contribution in [1.82, 2.24) is 10.3 Å². The molecule has 10 heteroatoms. The van der Waals surface area contributed by atoms with Crippen molar-refractivity contribution in [3.05, 3.63) is 66.4 Å². The standard InChI is InChI=1S/C23H23N3O6S/c1-30-17-10-11-20(31-2)21(14-17)33(28,29)26-16-5-3-6-18(13-16)32-23-19(7-4-12-24-23)22(27)25-15-8-9-15/h3-7,10-15,26H,8-9H2,1-2H3,(H,25,27). The highest BCUT2D eigenvalue weighted by atomic mass is 32.2. The average Bonchev–Trinajstić information content (AvgIpc) is 3.63. The van der Waals surface area contributed by atoms with E-state index in [0.29, 0.717) is 17.1 Å². The molecule has 9 nitrogen and oxygen atoms in total. The number of methoxy groups -OCH3 is 2. The molecule has 172 valence electrons. The van der Waals surface area contributed by atoms with Crippen molar-refractivity contribution in [3.63, 3.8) is 0 Å². The van der Waals surface area contributed by atoms with Crippen molar-refractivity contribution >= 4 is 21.6 Å². The van der Waals surface area contributed by atoms with E-state index in [-0.39, 0.29) is 34.2 Å². The van der Waals surface area contributed by atoms with Crippen LogP contribution >= 0.6 is 0 Å². The summed E-state index contributed by atoms with van der Waals surface area (Å²) in [5.41, 5.74) is 0.564. The zero-order valence-electron chi connectivity index (χ0n) is 18.1. The molecule has 33 heavy (non-hydrogen) atoms. The van der Waals surface area contributed by atoms with Gasteiger partial charge in [-0.05, 0) is 49.2 Å². The van der Waals surface area contributed by atoms with Gasteiger partial charge < -0.3 is 19.5 Å². The van der Waals surface area contributed by atoms with Gasteiger partial charge in [-0.2, -0.15) is 0 Å². The molecule has 0 spiro atoms. The minimum atomic E-state index is -4.00. The van der Waals surface area contributed by atoms with E-state index in [1.165, 1.54) is 38.6 Å². The molecule has 0 bridgehead atoms. The van der Waals surface area contributed by atoms with Crippen LogP contribution in [0.1, 0.15) is 23.2 Å². The smallest absolute Gasteiger partial charge is 0.265 e. The number of sulfonamides is 1. The molecule has 2 N–H and O–H groups in total. The Labute approximate surface area is 191 Å². The van der Waals surface area contributed by atoms with Gasteiger partial charge in [0.05, 0.1) is 19.9 Å². The fourth-order valence-electron chi connectivity index (χ4n) is 3.07. The first kappa shape index (κ1) is 22.4. The lowest BCUT2D eigenvalue weighted by Crippen LogP contribution is -2.25. The maximum Gasteiger partial charge on any atom is 0.265 e. The summed E-state index contributed by atoms with van der Waals surface area (Å²) in [5.74, 6) is 0.732. The first-order valence-corrected chi connectivity index (χ1v) is 11.7. The van der Waals surface area contributed by atoms with Gasteiger partial charge >= 0.3 is 0 Å². The number of aromatic nitrogens is 1. The van der Waals surface area contributed by atoms with Crippen LogP contribution in [0.5, 0.6) is 23.1 Å². The van der Waals surface area contributed by atoms with Gasteiger partial charge in [0.25, 0.3) is 15.9 Å². The molecule has 2 aromatic carbocycles. The van der Waals surface area contributed by atoms with Crippen molar-refractivity contribution in [2.24, 2.45) is 0 Å². The molecule has 0 aliphatic heterocycles. The van der Waals surface area contributed by atoms with Crippen molar-refractivity contribution in [2.75, 3.05) is 18.9 Å². The second-order valence-corrected chi connectivity index (χ2v) is 9.01. The van der Waals surface area contributed by atoms with Gasteiger partial charge in [0, 0.05) is 24.4 Å². The van der Waals surface area contributed by atoms with E-state index in [2.05, 4.69) is 15.0 Å². The lowest BCUT2D eigenvalue weighted by Gasteiger charge is -2.14. The Morgan fingerprint density at radius 3 is 2.55 bits per heavy atom. The molecule has 0 atom stereocenters. The summed E-state index contributed by atoms with van der Waals surface area (Å²) in [6.45, 7) is 0. The topological polar surface area (TPSA) is 116 Å². The van der Waals surface area contributed by atoms with Crippen LogP contribution < -0.4 is 24.2 Å². The number of benzene rings is 2. The van der Waals surface area contributed by atoms with Crippen LogP contribution in [0.3, 0.4) is 0 Å². The van der Waals surface area contributed by atoms with Crippen LogP contribution in [-0.2, 0) is 10.0 Å². The Hall–Kier alpha value is -3.79. The predicted molar refractivity (Wildman–Crippen MR) is 122 cm³/mol. The van der Waals surface area contributed by atoms with E-state index in [0.717, 1.165) is 12.8 Å². The zero-order valence-corrected chi connectivity index (χ0v) is 18.9. The number of nitrogens with one attached hydrogen (secondary N) is 2. The van der Waals surface area contributed by atoms with E-state index < -0.39 is 10.0 Å². The molecule has 1 fully saturated rings. The first-order chi connectivity index (χ1) is 15.9. The predicted octanol–water partition coefficient (Wildman–Crippen LogP) is 3.58. The Morgan fingerprint density at radius 2 is 1.82 bits per heavy atom. The molecule has 1 aliphatic rings. The summed E-state index contributed by atoms with van der Waals surface area (Å²) in [7, 11) is -1.16. The zero-order chi connectivity index (χ0) is 23.4. The molecular weight excluding hydrogens is 446 g/mol. The Morgan fingerprint density at radius 1 is 1.00 bits per heavy atom. The molecule has 1 aliphatic carbocycles. The number of pyridine rings is 1. The highest BCUT2D eigenvalue weighted by molar-refractivity contribution is 7.92. The normalized spacial score (nSPS) is 13.2. The minimum Gasteiger partial charge on any atom is -0.497 e. The number of ether oxygens (including phenoxy) is 3. The number of hydrogen-bond acceptors (Lipinski definition) is 7. The van der Waals surface area contributed by atoms with Gasteiger partial charge in [-0.15, -0.1) is 0 Å². The SMILES string of the molecule is COc1ccc(OC)c(S(=O)(=O)Nc2cccc(Oc3ncccc3C(=O)NC3CC3)c2)c1. The number of hydrogen-bond donors (Lipinski definition) is 2. The Bertz CT molecular complexity index is 1270. The molecule has 4 rings (SSSR count). The maximum atomic E-state index is 13.0. The van der Waals surface area contributed by atoms with Crippen LogP contribution in [0.25, 0.3) is 0 Å². The molecule has 0 radical (unpaired) electrons. The van der Waals surface area contributed by atoms with Crippen LogP contribution in [-0.4, -0.2) is 39.6 Å². The Balaban J connectivity index is 1.57. The van der Waals surface area contributed by atoms with Crippen LogP contribution in [0, 0.1) is 0 Å². The largest absolute Gasteiger partial charge is 0.497 e. The van der Waals surface area contributed by atoms with E-state index in [4.69, 9.17) is 14.2 Å². The number of amides is 1. The maximum absolute atomic E-state index is 13.0. The number of anilines is 1. The van der Waals surface area contributed by atoms with Gasteiger partial charge in [0.15, 0.2) is 0 Å². The van der Waals surface area contributed by atoms with Crippen LogP contribution in [0.4, 0.5) is 5.69 Å². The third-order valence-electron chi connectivity index (χ3n) is 4.89. The molecule has 0 unspecified atom stereocenters. The fraction of sp³-hybridized carbons (Fsp3) is 0.217. The molecule has 0 saturated heterocycles. The number of nitrogens with zero attached hydrogens (tertiary/aromatic N) is 1. The molecular formula is C23H23N3O6S. The highest BCUT2D eigenvalue weighted by Gasteiger charge is 2.26. The van der Waals surface area contributed by atoms with E-state index in [1.807, 2.05) is 0 Å². The monoisotopic (exact) mass is 469 g/mol. The lowest BCUT2D eigenvalue weighted by atomic mass is 10.2. The van der Waals surface area contributed by atoms with Gasteiger partial charge in [-0.25, -0.2) is 13.4 Å². The average molecular weight is 470 g/mol. The van der Waals surface area contributed by atoms with Gasteiger partial charge in [0.1, 0.15) is 27.7 Å². The van der Waals surface area contributed by atoms with Crippen LogP contribution in [0.15, 0.2) is 65.7 Å². The van der Waals surface area contributed by atoms with Crippen molar-refractivity contribution < 1.29 is 27.4 Å². The highest BCUT2D eigenvalue weighted by Crippen LogP contribution is 2.31. The van der Waals surface area contributed by atoms with Gasteiger partial charge in [0.2, 0.25) is 5.88 Å². The molecule has 1 saturated carbocycles. The lowest BCUT2D eigenvalue weighted by molar-refractivity contribution is 0.0948. The summed E-state index contributed by atoms with van der Waals surface area (Å²) in [5, 5.41) is 2.90. The second-order valence-electron chi connectivity index (χ2n) is 7.36. The summed E-state index contributed by atoms with van der Waals surface area (Å²) in [4.78, 5) is 16.6. The molecule has 1 amide bonds. The Kier molecular flexibility index (Phi) is 6.36. The fourth-order valence-corrected chi connectivity index (χ4v) is 4.31. The number of rotatable bonds is 9. The van der Waals surface area contributed by atoms with Gasteiger partial charge in [-0.3, -0.25) is 9.52 Å². The summed E-state index contributed by atoms with van der Waals surface area (Å²) >= 11 is 0.